The normalized spacial score (nSPS) is 12.7. The van der Waals surface area contributed by atoms with Gasteiger partial charge in [-0.15, -0.1) is 0 Å². The van der Waals surface area contributed by atoms with E-state index in [0.29, 0.717) is 12.1 Å². The minimum absolute atomic E-state index is 0.0911. The molecule has 5 nitrogen and oxygen atoms in total. The maximum Gasteiger partial charge on any atom is 0.274 e. The molecule has 0 aliphatic heterocycles. The number of hydrogen-bond acceptors (Lipinski definition) is 4. The minimum Gasteiger partial charge on any atom is -0.329 e. The molecule has 0 aliphatic carbocycles. The number of benzene rings is 1. The van der Waals surface area contributed by atoms with E-state index in [1.807, 2.05) is 19.9 Å². The Morgan fingerprint density at radius 1 is 1.35 bits per heavy atom. The summed E-state index contributed by atoms with van der Waals surface area (Å²) < 4.78 is 0. The van der Waals surface area contributed by atoms with Crippen molar-refractivity contribution in [2.45, 2.75) is 19.9 Å². The fourth-order valence-electron chi connectivity index (χ4n) is 2.07. The maximum atomic E-state index is 11.0. The summed E-state index contributed by atoms with van der Waals surface area (Å²) >= 11 is 0. The molecule has 1 atom stereocenters. The van der Waals surface area contributed by atoms with E-state index >= 15 is 0 Å². The van der Waals surface area contributed by atoms with Gasteiger partial charge in [-0.05, 0) is 13.1 Å². The van der Waals surface area contributed by atoms with Gasteiger partial charge < -0.3 is 5.73 Å². The molecule has 0 saturated heterocycles. The van der Waals surface area contributed by atoms with Gasteiger partial charge >= 0.3 is 0 Å². The van der Waals surface area contributed by atoms with Crippen molar-refractivity contribution in [1.82, 2.24) is 4.90 Å². The number of nitro groups is 1. The van der Waals surface area contributed by atoms with E-state index in [-0.39, 0.29) is 16.7 Å². The largest absolute Gasteiger partial charge is 0.329 e. The quantitative estimate of drug-likeness (QED) is 0.606. The van der Waals surface area contributed by atoms with Crippen molar-refractivity contribution >= 4 is 5.69 Å². The van der Waals surface area contributed by atoms with Crippen LogP contribution in [0.25, 0.3) is 0 Å². The van der Waals surface area contributed by atoms with E-state index < -0.39 is 0 Å². The average molecular weight is 237 g/mol. The molecule has 1 rings (SSSR count). The highest BCUT2D eigenvalue weighted by atomic mass is 16.6. The van der Waals surface area contributed by atoms with E-state index in [1.54, 1.807) is 12.1 Å². The highest BCUT2D eigenvalue weighted by Crippen LogP contribution is 2.28. The van der Waals surface area contributed by atoms with Crippen LogP contribution in [0.3, 0.4) is 0 Å². The molecule has 0 aromatic heterocycles. The summed E-state index contributed by atoms with van der Waals surface area (Å²) in [6.45, 7) is 6.09. The summed E-state index contributed by atoms with van der Waals surface area (Å²) in [5.41, 5.74) is 6.61. The van der Waals surface area contributed by atoms with Gasteiger partial charge in [0.05, 0.1) is 11.0 Å². The van der Waals surface area contributed by atoms with Crippen LogP contribution in [0.15, 0.2) is 24.3 Å². The highest BCUT2D eigenvalue weighted by Gasteiger charge is 2.24. The van der Waals surface area contributed by atoms with Gasteiger partial charge in [0.2, 0.25) is 0 Å². The summed E-state index contributed by atoms with van der Waals surface area (Å²) in [6, 6.07) is 6.72. The number of hydrogen-bond donors (Lipinski definition) is 1. The van der Waals surface area contributed by atoms with Crippen molar-refractivity contribution in [1.29, 1.82) is 0 Å². The molecule has 0 saturated carbocycles. The van der Waals surface area contributed by atoms with Gasteiger partial charge in [0.25, 0.3) is 5.69 Å². The second-order valence-corrected chi connectivity index (χ2v) is 3.79. The zero-order chi connectivity index (χ0) is 12.8. The molecular formula is C12H19N3O2. The molecule has 0 spiro atoms. The number of para-hydroxylation sites is 1. The Morgan fingerprint density at radius 2 is 1.94 bits per heavy atom. The molecule has 1 unspecified atom stereocenters. The van der Waals surface area contributed by atoms with Gasteiger partial charge in [0.1, 0.15) is 0 Å². The fraction of sp³-hybridized carbons (Fsp3) is 0.500. The van der Waals surface area contributed by atoms with Gasteiger partial charge in [0, 0.05) is 18.2 Å². The molecule has 17 heavy (non-hydrogen) atoms. The fourth-order valence-corrected chi connectivity index (χ4v) is 2.07. The number of nitrogens with zero attached hydrogens (tertiary/aromatic N) is 2. The van der Waals surface area contributed by atoms with E-state index in [1.165, 1.54) is 6.07 Å². The van der Waals surface area contributed by atoms with Crippen LogP contribution < -0.4 is 5.73 Å². The van der Waals surface area contributed by atoms with Crippen molar-refractivity contribution in [2.75, 3.05) is 19.6 Å². The summed E-state index contributed by atoms with van der Waals surface area (Å²) in [6.07, 6.45) is 0. The lowest BCUT2D eigenvalue weighted by Gasteiger charge is -2.28. The SMILES string of the molecule is CCN(CC)C(CN)c1ccccc1[N+](=O)[O-]. The molecule has 1 aromatic carbocycles. The van der Waals surface area contributed by atoms with Crippen LogP contribution >= 0.6 is 0 Å². The Balaban J connectivity index is 3.15. The molecule has 0 heterocycles. The molecule has 1 aromatic rings. The Morgan fingerprint density at radius 3 is 2.41 bits per heavy atom. The van der Waals surface area contributed by atoms with E-state index in [2.05, 4.69) is 4.90 Å². The number of nitro benzene ring substituents is 1. The Bertz CT molecular complexity index is 378. The van der Waals surface area contributed by atoms with Crippen molar-refractivity contribution < 1.29 is 4.92 Å². The lowest BCUT2D eigenvalue weighted by molar-refractivity contribution is -0.386. The number of nitrogens with two attached hydrogens (primary N) is 1. The second kappa shape index (κ2) is 6.32. The van der Waals surface area contributed by atoms with Crippen LogP contribution in [0.1, 0.15) is 25.5 Å². The minimum atomic E-state index is -0.346. The zero-order valence-electron chi connectivity index (χ0n) is 10.3. The lowest BCUT2D eigenvalue weighted by atomic mass is 10.0. The summed E-state index contributed by atoms with van der Waals surface area (Å²) in [5, 5.41) is 11.0. The van der Waals surface area contributed by atoms with Crippen LogP contribution in [-0.2, 0) is 0 Å². The smallest absolute Gasteiger partial charge is 0.274 e. The predicted octanol–water partition coefficient (Wildman–Crippen LogP) is 1.94. The molecule has 0 amide bonds. The predicted molar refractivity (Wildman–Crippen MR) is 67.8 cm³/mol. The van der Waals surface area contributed by atoms with Crippen molar-refractivity contribution in [2.24, 2.45) is 5.73 Å². The Labute approximate surface area is 101 Å². The first-order valence-corrected chi connectivity index (χ1v) is 5.83. The summed E-state index contributed by atoms with van der Waals surface area (Å²) in [4.78, 5) is 12.8. The molecule has 0 bridgehead atoms. The number of rotatable bonds is 6. The van der Waals surface area contributed by atoms with Gasteiger partial charge in [-0.1, -0.05) is 32.0 Å². The van der Waals surface area contributed by atoms with Gasteiger partial charge in [-0.3, -0.25) is 15.0 Å². The number of likely N-dealkylation sites (N-methyl/N-ethyl adjacent to an activating group) is 1. The first-order valence-electron chi connectivity index (χ1n) is 5.83. The maximum absolute atomic E-state index is 11.0. The van der Waals surface area contributed by atoms with Gasteiger partial charge in [-0.25, -0.2) is 0 Å². The topological polar surface area (TPSA) is 72.4 Å². The van der Waals surface area contributed by atoms with Crippen molar-refractivity contribution in [3.63, 3.8) is 0 Å². The van der Waals surface area contributed by atoms with Crippen LogP contribution in [0.5, 0.6) is 0 Å². The first-order chi connectivity index (χ1) is 8.15. The Kier molecular flexibility index (Phi) is 5.06. The third kappa shape index (κ3) is 3.01. The van der Waals surface area contributed by atoms with Crippen LogP contribution in [0.2, 0.25) is 0 Å². The third-order valence-electron chi connectivity index (χ3n) is 2.97. The van der Waals surface area contributed by atoms with Crippen molar-refractivity contribution in [3.8, 4) is 0 Å². The molecule has 2 N–H and O–H groups in total. The Hall–Kier alpha value is -1.46. The highest BCUT2D eigenvalue weighted by molar-refractivity contribution is 5.42. The average Bonchev–Trinajstić information content (AvgIpc) is 2.35. The third-order valence-corrected chi connectivity index (χ3v) is 2.97. The van der Waals surface area contributed by atoms with E-state index in [4.69, 9.17) is 5.73 Å². The zero-order valence-corrected chi connectivity index (χ0v) is 10.3. The van der Waals surface area contributed by atoms with Gasteiger partial charge in [-0.2, -0.15) is 0 Å². The molecule has 94 valence electrons. The lowest BCUT2D eigenvalue weighted by Crippen LogP contribution is -2.33. The summed E-state index contributed by atoms with van der Waals surface area (Å²) in [5.74, 6) is 0. The molecule has 0 fully saturated rings. The molecule has 0 radical (unpaired) electrons. The first kappa shape index (κ1) is 13.6. The van der Waals surface area contributed by atoms with Crippen LogP contribution in [-0.4, -0.2) is 29.5 Å². The molecule has 0 aliphatic rings. The van der Waals surface area contributed by atoms with Crippen LogP contribution in [0, 0.1) is 10.1 Å². The standard InChI is InChI=1S/C12H19N3O2/c1-3-14(4-2)12(9-13)10-7-5-6-8-11(10)15(16)17/h5-8,12H,3-4,9,13H2,1-2H3. The van der Waals surface area contributed by atoms with E-state index in [9.17, 15) is 10.1 Å². The molecular weight excluding hydrogens is 218 g/mol. The van der Waals surface area contributed by atoms with Crippen LogP contribution in [0.4, 0.5) is 5.69 Å². The molecule has 5 heteroatoms. The van der Waals surface area contributed by atoms with Crippen molar-refractivity contribution in [3.05, 3.63) is 39.9 Å². The van der Waals surface area contributed by atoms with Gasteiger partial charge in [0.15, 0.2) is 0 Å². The monoisotopic (exact) mass is 237 g/mol. The summed E-state index contributed by atoms with van der Waals surface area (Å²) in [7, 11) is 0. The second-order valence-electron chi connectivity index (χ2n) is 3.79. The van der Waals surface area contributed by atoms with E-state index in [0.717, 1.165) is 13.1 Å².